The molecule has 1 N–H and O–H groups in total. The van der Waals surface area contributed by atoms with E-state index in [1.807, 2.05) is 0 Å². The Morgan fingerprint density at radius 2 is 2.25 bits per heavy atom. The number of aliphatic hydroxyl groups excluding tert-OH is 1. The largest absolute Gasteiger partial charge is 0.368 e. The Morgan fingerprint density at radius 1 is 1.58 bits per heavy atom. The van der Waals surface area contributed by atoms with E-state index < -0.39 is 6.29 Å². The van der Waals surface area contributed by atoms with Gasteiger partial charge in [-0.3, -0.25) is 0 Å². The van der Waals surface area contributed by atoms with Crippen LogP contribution in [0.1, 0.15) is 33.6 Å². The van der Waals surface area contributed by atoms with Gasteiger partial charge >= 0.3 is 0 Å². The second-order valence-corrected chi connectivity index (χ2v) is 3.86. The number of rotatable bonds is 2. The molecule has 0 unspecified atom stereocenters. The van der Waals surface area contributed by atoms with Crippen LogP contribution in [0, 0.1) is 5.92 Å². The molecule has 0 saturated carbocycles. The predicted molar refractivity (Wildman–Crippen MR) is 48.7 cm³/mol. The van der Waals surface area contributed by atoms with Crippen molar-refractivity contribution in [3.8, 4) is 0 Å². The minimum Gasteiger partial charge on any atom is -0.368 e. The highest BCUT2D eigenvalue weighted by Crippen LogP contribution is 2.27. The molecule has 1 fully saturated rings. The van der Waals surface area contributed by atoms with E-state index in [0.29, 0.717) is 5.92 Å². The van der Waals surface area contributed by atoms with Crippen molar-refractivity contribution in [2.75, 3.05) is 0 Å². The molecule has 12 heavy (non-hydrogen) atoms. The quantitative estimate of drug-likeness (QED) is 0.643. The van der Waals surface area contributed by atoms with E-state index in [9.17, 15) is 5.11 Å². The third-order valence-corrected chi connectivity index (χ3v) is 2.30. The fourth-order valence-corrected chi connectivity index (χ4v) is 1.50. The maximum Gasteiger partial charge on any atom is 0.155 e. The van der Waals surface area contributed by atoms with Gasteiger partial charge in [0.1, 0.15) is 0 Å². The summed E-state index contributed by atoms with van der Waals surface area (Å²) in [5.74, 6) is 0.482. The molecule has 0 aromatic rings. The molecule has 1 saturated heterocycles. The number of hydrogen-bond donors (Lipinski definition) is 1. The fraction of sp³-hybridized carbons (Fsp3) is 0.800. The first-order valence-corrected chi connectivity index (χ1v) is 4.56. The smallest absolute Gasteiger partial charge is 0.155 e. The Balaban J connectivity index is 2.38. The highest BCUT2D eigenvalue weighted by Gasteiger charge is 2.29. The molecule has 70 valence electrons. The summed E-state index contributed by atoms with van der Waals surface area (Å²) in [5, 5.41) is 9.19. The summed E-state index contributed by atoms with van der Waals surface area (Å²) in [7, 11) is 0. The Labute approximate surface area is 74.2 Å². The first kappa shape index (κ1) is 9.75. The van der Waals surface area contributed by atoms with Crippen LogP contribution in [-0.4, -0.2) is 17.5 Å². The summed E-state index contributed by atoms with van der Waals surface area (Å²) in [4.78, 5) is 0. The Kier molecular flexibility index (Phi) is 3.29. The van der Waals surface area contributed by atoms with E-state index in [4.69, 9.17) is 4.74 Å². The molecule has 0 aliphatic carbocycles. The number of hydrogen-bond acceptors (Lipinski definition) is 2. The van der Waals surface area contributed by atoms with E-state index in [1.54, 1.807) is 0 Å². The van der Waals surface area contributed by atoms with Crippen LogP contribution in [-0.2, 0) is 4.74 Å². The molecule has 1 aliphatic rings. The maximum atomic E-state index is 9.19. The van der Waals surface area contributed by atoms with Gasteiger partial charge in [-0.1, -0.05) is 18.6 Å². The third kappa shape index (κ3) is 2.61. The van der Waals surface area contributed by atoms with Crippen molar-refractivity contribution in [1.82, 2.24) is 0 Å². The Hall–Kier alpha value is -0.340. The van der Waals surface area contributed by atoms with Gasteiger partial charge in [-0.05, 0) is 26.2 Å². The Bertz CT molecular complexity index is 171. The van der Waals surface area contributed by atoms with E-state index in [1.165, 1.54) is 5.57 Å². The summed E-state index contributed by atoms with van der Waals surface area (Å²) in [6, 6.07) is 0. The average molecular weight is 170 g/mol. The molecular formula is C10H18O2. The second-order valence-electron chi connectivity index (χ2n) is 3.86. The predicted octanol–water partition coefficient (Wildman–Crippen LogP) is 2.09. The molecular weight excluding hydrogens is 152 g/mol. The summed E-state index contributed by atoms with van der Waals surface area (Å²) >= 11 is 0. The van der Waals surface area contributed by atoms with Gasteiger partial charge in [-0.2, -0.15) is 0 Å². The summed E-state index contributed by atoms with van der Waals surface area (Å²) < 4.78 is 5.33. The topological polar surface area (TPSA) is 29.5 Å². The minimum absolute atomic E-state index is 0.217. The third-order valence-electron chi connectivity index (χ3n) is 2.30. The van der Waals surface area contributed by atoms with E-state index in [-0.39, 0.29) is 6.10 Å². The lowest BCUT2D eigenvalue weighted by Gasteiger charge is -2.11. The zero-order valence-electron chi connectivity index (χ0n) is 8.08. The van der Waals surface area contributed by atoms with Crippen molar-refractivity contribution in [1.29, 1.82) is 0 Å². The summed E-state index contributed by atoms with van der Waals surface area (Å²) in [6.45, 7) is 6.28. The van der Waals surface area contributed by atoms with Gasteiger partial charge < -0.3 is 9.84 Å². The molecule has 0 radical (unpaired) electrons. The van der Waals surface area contributed by atoms with Crippen LogP contribution in [0.15, 0.2) is 11.6 Å². The second kappa shape index (κ2) is 4.06. The number of aliphatic hydroxyl groups is 1. The van der Waals surface area contributed by atoms with Gasteiger partial charge in [0, 0.05) is 6.42 Å². The summed E-state index contributed by atoms with van der Waals surface area (Å²) in [6.07, 6.45) is 3.56. The lowest BCUT2D eigenvalue weighted by Crippen LogP contribution is -2.12. The zero-order valence-corrected chi connectivity index (χ0v) is 8.08. The lowest BCUT2D eigenvalue weighted by molar-refractivity contribution is -0.0905. The molecule has 2 nitrogen and oxygen atoms in total. The van der Waals surface area contributed by atoms with Gasteiger partial charge in [-0.15, -0.1) is 0 Å². The highest BCUT2D eigenvalue weighted by molar-refractivity contribution is 4.95. The van der Waals surface area contributed by atoms with Gasteiger partial charge in [0.15, 0.2) is 6.29 Å². The van der Waals surface area contributed by atoms with Crippen LogP contribution in [0.2, 0.25) is 0 Å². The normalized spacial score (nSPS) is 35.2. The average Bonchev–Trinajstić information content (AvgIpc) is 2.26. The van der Waals surface area contributed by atoms with Crippen LogP contribution in [0.3, 0.4) is 0 Å². The van der Waals surface area contributed by atoms with Crippen LogP contribution < -0.4 is 0 Å². The van der Waals surface area contributed by atoms with Crippen LogP contribution in [0.4, 0.5) is 0 Å². The van der Waals surface area contributed by atoms with Gasteiger partial charge in [0.25, 0.3) is 0 Å². The van der Waals surface area contributed by atoms with Gasteiger partial charge in [-0.25, -0.2) is 0 Å². The van der Waals surface area contributed by atoms with E-state index in [2.05, 4.69) is 26.8 Å². The molecule has 3 atom stereocenters. The number of ether oxygens (including phenoxy) is 1. The van der Waals surface area contributed by atoms with Crippen molar-refractivity contribution in [2.45, 2.75) is 46.0 Å². The van der Waals surface area contributed by atoms with Crippen LogP contribution >= 0.6 is 0 Å². The molecule has 0 aromatic heterocycles. The molecule has 0 bridgehead atoms. The van der Waals surface area contributed by atoms with E-state index in [0.717, 1.165) is 12.8 Å². The molecule has 0 spiro atoms. The highest BCUT2D eigenvalue weighted by atomic mass is 16.6. The van der Waals surface area contributed by atoms with Gasteiger partial charge in [0.05, 0.1) is 6.10 Å². The van der Waals surface area contributed by atoms with E-state index >= 15 is 0 Å². The molecule has 1 rings (SSSR count). The molecule has 2 heteroatoms. The Morgan fingerprint density at radius 3 is 2.67 bits per heavy atom. The van der Waals surface area contributed by atoms with Crippen molar-refractivity contribution in [2.24, 2.45) is 5.92 Å². The minimum atomic E-state index is -0.532. The van der Waals surface area contributed by atoms with Crippen molar-refractivity contribution in [3.05, 3.63) is 11.6 Å². The molecule has 1 heterocycles. The molecule has 0 amide bonds. The summed E-state index contributed by atoms with van der Waals surface area (Å²) in [5.41, 5.74) is 1.31. The van der Waals surface area contributed by atoms with Gasteiger partial charge in [0.2, 0.25) is 0 Å². The van der Waals surface area contributed by atoms with Crippen molar-refractivity contribution >= 4 is 0 Å². The zero-order chi connectivity index (χ0) is 9.14. The molecule has 0 aromatic carbocycles. The van der Waals surface area contributed by atoms with Crippen molar-refractivity contribution < 1.29 is 9.84 Å². The molecule has 1 aliphatic heterocycles. The maximum absolute atomic E-state index is 9.19. The first-order valence-electron chi connectivity index (χ1n) is 4.56. The SMILES string of the molecule is CC(C)=CC[C@H]1O[C@H](O)C[C@@H]1C. The van der Waals surface area contributed by atoms with Crippen molar-refractivity contribution in [3.63, 3.8) is 0 Å². The standard InChI is InChI=1S/C10H18O2/c1-7(2)4-5-9-8(3)6-10(11)12-9/h4,8-11H,5-6H2,1-3H3/t8-,9+,10-/m0/s1. The first-order chi connectivity index (χ1) is 5.59. The van der Waals surface area contributed by atoms with Crippen LogP contribution in [0.25, 0.3) is 0 Å². The number of allylic oxidation sites excluding steroid dienone is 1. The van der Waals surface area contributed by atoms with Crippen LogP contribution in [0.5, 0.6) is 0 Å². The monoisotopic (exact) mass is 170 g/mol. The lowest BCUT2D eigenvalue weighted by atomic mass is 10.0. The fourth-order valence-electron chi connectivity index (χ4n) is 1.50.